The van der Waals surface area contributed by atoms with Gasteiger partial charge in [0, 0.05) is 29.2 Å². The van der Waals surface area contributed by atoms with E-state index < -0.39 is 6.09 Å². The summed E-state index contributed by atoms with van der Waals surface area (Å²) in [5.41, 5.74) is 1.88. The Morgan fingerprint density at radius 2 is 2.29 bits per heavy atom. The molecule has 5 nitrogen and oxygen atoms in total. The van der Waals surface area contributed by atoms with Gasteiger partial charge in [-0.25, -0.2) is 4.79 Å². The zero-order chi connectivity index (χ0) is 12.4. The second-order valence-electron chi connectivity index (χ2n) is 4.10. The standard InChI is InChI=1S/C12H14N2O3/c1-7(14-12(16)17)4-8-6-13-11-5-9(15)2-3-10(8)11/h2-3,5-7,13-15H,4H2,1H3,(H,16,17). The van der Waals surface area contributed by atoms with Gasteiger partial charge in [-0.1, -0.05) is 0 Å². The first-order chi connectivity index (χ1) is 8.06. The van der Waals surface area contributed by atoms with Crippen LogP contribution >= 0.6 is 0 Å². The number of rotatable bonds is 3. The van der Waals surface area contributed by atoms with Gasteiger partial charge < -0.3 is 20.5 Å². The number of phenolic OH excluding ortho intramolecular Hbond substituents is 1. The van der Waals surface area contributed by atoms with E-state index in [0.29, 0.717) is 6.42 Å². The number of benzene rings is 1. The average molecular weight is 234 g/mol. The molecule has 90 valence electrons. The zero-order valence-electron chi connectivity index (χ0n) is 9.40. The Balaban J connectivity index is 2.22. The number of amides is 1. The fraction of sp³-hybridized carbons (Fsp3) is 0.250. The molecule has 1 aromatic heterocycles. The van der Waals surface area contributed by atoms with E-state index in [2.05, 4.69) is 10.3 Å². The van der Waals surface area contributed by atoms with Crippen molar-refractivity contribution in [1.29, 1.82) is 0 Å². The summed E-state index contributed by atoms with van der Waals surface area (Å²) in [6.45, 7) is 1.81. The monoisotopic (exact) mass is 234 g/mol. The fourth-order valence-electron chi connectivity index (χ4n) is 1.93. The lowest BCUT2D eigenvalue weighted by atomic mass is 10.1. The van der Waals surface area contributed by atoms with Gasteiger partial charge in [0.05, 0.1) is 0 Å². The Kier molecular flexibility index (Phi) is 2.91. The number of carboxylic acid groups (broad SMARTS) is 1. The molecule has 4 N–H and O–H groups in total. The molecule has 1 aromatic carbocycles. The number of fused-ring (bicyclic) bond motifs is 1. The topological polar surface area (TPSA) is 85.4 Å². The van der Waals surface area contributed by atoms with Crippen molar-refractivity contribution in [3.05, 3.63) is 30.0 Å². The van der Waals surface area contributed by atoms with Gasteiger partial charge >= 0.3 is 6.09 Å². The predicted octanol–water partition coefficient (Wildman–Crippen LogP) is 2.07. The maximum Gasteiger partial charge on any atom is 0.404 e. The lowest BCUT2D eigenvalue weighted by Gasteiger charge is -2.10. The van der Waals surface area contributed by atoms with Gasteiger partial charge in [-0.15, -0.1) is 0 Å². The Morgan fingerprint density at radius 3 is 3.00 bits per heavy atom. The van der Waals surface area contributed by atoms with Crippen LogP contribution in [0.1, 0.15) is 12.5 Å². The molecule has 0 radical (unpaired) electrons. The number of aromatic nitrogens is 1. The summed E-state index contributed by atoms with van der Waals surface area (Å²) in [5, 5.41) is 21.4. The highest BCUT2D eigenvalue weighted by Gasteiger charge is 2.10. The largest absolute Gasteiger partial charge is 0.508 e. The molecule has 0 saturated heterocycles. The van der Waals surface area contributed by atoms with Crippen LogP contribution in [0.4, 0.5) is 4.79 Å². The highest BCUT2D eigenvalue weighted by molar-refractivity contribution is 5.84. The van der Waals surface area contributed by atoms with Crippen LogP contribution in [0, 0.1) is 0 Å². The SMILES string of the molecule is CC(Cc1c[nH]c2cc(O)ccc12)NC(=O)O. The Bertz CT molecular complexity index is 548. The van der Waals surface area contributed by atoms with Gasteiger partial charge in [0.25, 0.3) is 0 Å². The van der Waals surface area contributed by atoms with E-state index in [-0.39, 0.29) is 11.8 Å². The van der Waals surface area contributed by atoms with Gasteiger partial charge in [0.1, 0.15) is 5.75 Å². The highest BCUT2D eigenvalue weighted by Crippen LogP contribution is 2.23. The van der Waals surface area contributed by atoms with Crippen molar-refractivity contribution in [3.8, 4) is 5.75 Å². The molecule has 0 aliphatic carbocycles. The van der Waals surface area contributed by atoms with Crippen LogP contribution in [0.5, 0.6) is 5.75 Å². The molecule has 1 heterocycles. The second-order valence-corrected chi connectivity index (χ2v) is 4.10. The second kappa shape index (κ2) is 4.37. The lowest BCUT2D eigenvalue weighted by molar-refractivity contribution is 0.190. The molecule has 0 aliphatic heterocycles. The number of nitrogens with one attached hydrogen (secondary N) is 2. The predicted molar refractivity (Wildman–Crippen MR) is 64.3 cm³/mol. The van der Waals surface area contributed by atoms with E-state index in [4.69, 9.17) is 5.11 Å². The van der Waals surface area contributed by atoms with E-state index in [1.54, 1.807) is 12.1 Å². The highest BCUT2D eigenvalue weighted by atomic mass is 16.4. The van der Waals surface area contributed by atoms with Gasteiger partial charge in [-0.2, -0.15) is 0 Å². The molecule has 1 amide bonds. The summed E-state index contributed by atoms with van der Waals surface area (Å²) in [7, 11) is 0. The number of hydrogen-bond acceptors (Lipinski definition) is 2. The normalized spacial score (nSPS) is 12.5. The first-order valence-corrected chi connectivity index (χ1v) is 5.34. The minimum Gasteiger partial charge on any atom is -0.508 e. The van der Waals surface area contributed by atoms with E-state index >= 15 is 0 Å². The van der Waals surface area contributed by atoms with Crippen molar-refractivity contribution < 1.29 is 15.0 Å². The van der Waals surface area contributed by atoms with E-state index in [0.717, 1.165) is 16.5 Å². The molecule has 0 spiro atoms. The third kappa shape index (κ3) is 2.50. The molecule has 0 aliphatic rings. The number of carbonyl (C=O) groups is 1. The van der Waals surface area contributed by atoms with Crippen LogP contribution in [-0.2, 0) is 6.42 Å². The van der Waals surface area contributed by atoms with Crippen molar-refractivity contribution in [1.82, 2.24) is 10.3 Å². The van der Waals surface area contributed by atoms with Crippen molar-refractivity contribution in [2.75, 3.05) is 0 Å². The first-order valence-electron chi connectivity index (χ1n) is 5.34. The summed E-state index contributed by atoms with van der Waals surface area (Å²) in [4.78, 5) is 13.5. The number of hydrogen-bond donors (Lipinski definition) is 4. The molecule has 2 aromatic rings. The van der Waals surface area contributed by atoms with Crippen LogP contribution in [0.25, 0.3) is 10.9 Å². The molecule has 0 bridgehead atoms. The smallest absolute Gasteiger partial charge is 0.404 e. The third-order valence-corrected chi connectivity index (χ3v) is 2.65. The van der Waals surface area contributed by atoms with Crippen molar-refractivity contribution >= 4 is 17.0 Å². The molecule has 1 atom stereocenters. The number of phenols is 1. The van der Waals surface area contributed by atoms with Gasteiger partial charge in [0.15, 0.2) is 0 Å². The van der Waals surface area contributed by atoms with Crippen LogP contribution in [0.15, 0.2) is 24.4 Å². The average Bonchev–Trinajstić information content (AvgIpc) is 2.59. The minimum atomic E-state index is -1.02. The van der Waals surface area contributed by atoms with E-state index in [1.807, 2.05) is 19.2 Å². The summed E-state index contributed by atoms with van der Waals surface area (Å²) in [6.07, 6.45) is 1.43. The van der Waals surface area contributed by atoms with Crippen molar-refractivity contribution in [3.63, 3.8) is 0 Å². The summed E-state index contributed by atoms with van der Waals surface area (Å²) >= 11 is 0. The minimum absolute atomic E-state index is 0.152. The summed E-state index contributed by atoms with van der Waals surface area (Å²) < 4.78 is 0. The van der Waals surface area contributed by atoms with Crippen LogP contribution in [-0.4, -0.2) is 27.3 Å². The Hall–Kier alpha value is -2.17. The number of H-pyrrole nitrogens is 1. The Morgan fingerprint density at radius 1 is 1.53 bits per heavy atom. The first kappa shape index (κ1) is 11.3. The van der Waals surface area contributed by atoms with Crippen molar-refractivity contribution in [2.24, 2.45) is 0 Å². The van der Waals surface area contributed by atoms with E-state index in [9.17, 15) is 9.90 Å². The number of aromatic hydroxyl groups is 1. The molecule has 17 heavy (non-hydrogen) atoms. The molecule has 1 unspecified atom stereocenters. The molecular formula is C12H14N2O3. The third-order valence-electron chi connectivity index (χ3n) is 2.65. The van der Waals surface area contributed by atoms with E-state index in [1.165, 1.54) is 0 Å². The number of aromatic amines is 1. The summed E-state index contributed by atoms with van der Waals surface area (Å²) in [6, 6.07) is 4.94. The maximum atomic E-state index is 10.5. The molecule has 5 heteroatoms. The quantitative estimate of drug-likeness (QED) is 0.655. The van der Waals surface area contributed by atoms with Gasteiger partial charge in [-0.3, -0.25) is 0 Å². The molecule has 0 saturated carbocycles. The molecular weight excluding hydrogens is 220 g/mol. The van der Waals surface area contributed by atoms with Crippen LogP contribution in [0.3, 0.4) is 0 Å². The Labute approximate surface area is 98.1 Å². The van der Waals surface area contributed by atoms with Gasteiger partial charge in [-0.05, 0) is 31.0 Å². The van der Waals surface area contributed by atoms with Crippen LogP contribution < -0.4 is 5.32 Å². The molecule has 2 rings (SSSR count). The van der Waals surface area contributed by atoms with Gasteiger partial charge in [0.2, 0.25) is 0 Å². The molecule has 0 fully saturated rings. The zero-order valence-corrected chi connectivity index (χ0v) is 9.40. The van der Waals surface area contributed by atoms with Crippen LogP contribution in [0.2, 0.25) is 0 Å². The van der Waals surface area contributed by atoms with Crippen molar-refractivity contribution in [2.45, 2.75) is 19.4 Å². The maximum absolute atomic E-state index is 10.5. The summed E-state index contributed by atoms with van der Waals surface area (Å²) in [5.74, 6) is 0.211. The fourth-order valence-corrected chi connectivity index (χ4v) is 1.93. The lowest BCUT2D eigenvalue weighted by Crippen LogP contribution is -2.32.